The van der Waals surface area contributed by atoms with Crippen molar-refractivity contribution >= 4 is 23.3 Å². The molecule has 0 saturated heterocycles. The molecule has 4 nitrogen and oxygen atoms in total. The number of amides is 1. The van der Waals surface area contributed by atoms with Gasteiger partial charge in [0.2, 0.25) is 5.78 Å². The molecule has 17 heavy (non-hydrogen) atoms. The molecule has 1 amide bonds. The van der Waals surface area contributed by atoms with Gasteiger partial charge < -0.3 is 4.74 Å². The van der Waals surface area contributed by atoms with Gasteiger partial charge in [0.05, 0.1) is 5.56 Å². The summed E-state index contributed by atoms with van der Waals surface area (Å²) in [4.78, 5) is 25.2. The summed E-state index contributed by atoms with van der Waals surface area (Å²) in [5.74, 6) is -0.202. The molecule has 86 valence electrons. The van der Waals surface area contributed by atoms with Crippen molar-refractivity contribution in [2.45, 2.75) is 5.72 Å². The van der Waals surface area contributed by atoms with Gasteiger partial charge in [-0.05, 0) is 12.1 Å². The van der Waals surface area contributed by atoms with E-state index in [0.717, 1.165) is 0 Å². The molecular weight excluding hydrogens is 242 g/mol. The number of likely N-dealkylation sites (N-methyl/N-ethyl adjacent to an activating group) is 1. The molecule has 1 aromatic carbocycles. The Labute approximate surface area is 102 Å². The molecule has 2 aliphatic rings. The Balaban J connectivity index is 2.16. The summed E-state index contributed by atoms with van der Waals surface area (Å²) in [6.07, 6.45) is 1.36. The maximum Gasteiger partial charge on any atom is 0.270 e. The Hall–Kier alpha value is -1.81. The number of rotatable bonds is 0. The Morgan fingerprint density at radius 2 is 2.00 bits per heavy atom. The van der Waals surface area contributed by atoms with Crippen molar-refractivity contribution in [3.05, 3.63) is 40.9 Å². The van der Waals surface area contributed by atoms with Crippen LogP contribution in [0.4, 0.5) is 0 Å². The van der Waals surface area contributed by atoms with Gasteiger partial charge in [0.15, 0.2) is 0 Å². The molecule has 0 N–H and O–H groups in total. The quantitative estimate of drug-likeness (QED) is 0.701. The largest absolute Gasteiger partial charge is 0.456 e. The first-order valence-electron chi connectivity index (χ1n) is 5.05. The van der Waals surface area contributed by atoms with Crippen LogP contribution in [0.2, 0.25) is 0 Å². The van der Waals surface area contributed by atoms with Gasteiger partial charge in [-0.15, -0.1) is 0 Å². The van der Waals surface area contributed by atoms with Crippen LogP contribution in [-0.4, -0.2) is 29.4 Å². The third kappa shape index (κ3) is 1.13. The molecule has 2 heterocycles. The van der Waals surface area contributed by atoms with E-state index in [1.54, 1.807) is 24.3 Å². The second-order valence-electron chi connectivity index (χ2n) is 3.98. The van der Waals surface area contributed by atoms with Crippen LogP contribution in [0.25, 0.3) is 0 Å². The van der Waals surface area contributed by atoms with Crippen LogP contribution in [0.3, 0.4) is 0 Å². The predicted octanol–water partition coefficient (Wildman–Crippen LogP) is 1.55. The smallest absolute Gasteiger partial charge is 0.270 e. The summed E-state index contributed by atoms with van der Waals surface area (Å²) in [6.45, 7) is 0. The lowest BCUT2D eigenvalue weighted by Gasteiger charge is -2.28. The van der Waals surface area contributed by atoms with Crippen LogP contribution in [0, 0.1) is 0 Å². The van der Waals surface area contributed by atoms with E-state index in [1.165, 1.54) is 18.0 Å². The number of para-hydroxylation sites is 1. The number of ether oxygens (including phenoxy) is 1. The molecule has 5 heteroatoms. The monoisotopic (exact) mass is 249 g/mol. The van der Waals surface area contributed by atoms with Crippen molar-refractivity contribution in [2.75, 3.05) is 7.05 Å². The minimum absolute atomic E-state index is 0.00801. The van der Waals surface area contributed by atoms with Crippen LogP contribution < -0.4 is 4.74 Å². The van der Waals surface area contributed by atoms with Crippen LogP contribution in [0.1, 0.15) is 10.4 Å². The van der Waals surface area contributed by atoms with Gasteiger partial charge in [-0.2, -0.15) is 0 Å². The van der Waals surface area contributed by atoms with Gasteiger partial charge in [-0.25, -0.2) is 0 Å². The molecule has 0 saturated carbocycles. The summed E-state index contributed by atoms with van der Waals surface area (Å²) < 4.78 is 5.62. The molecule has 1 atom stereocenters. The van der Waals surface area contributed by atoms with E-state index in [0.29, 0.717) is 11.3 Å². The molecule has 1 aromatic rings. The normalized spacial score (nSPS) is 26.2. The summed E-state index contributed by atoms with van der Waals surface area (Å²) in [5.41, 5.74) is -0.924. The minimum Gasteiger partial charge on any atom is -0.456 e. The van der Waals surface area contributed by atoms with Crippen molar-refractivity contribution in [3.63, 3.8) is 0 Å². The van der Waals surface area contributed by atoms with E-state index < -0.39 is 11.6 Å². The average molecular weight is 250 g/mol. The molecule has 0 bridgehead atoms. The Morgan fingerprint density at radius 1 is 1.29 bits per heavy atom. The van der Waals surface area contributed by atoms with Crippen LogP contribution in [0.5, 0.6) is 5.75 Å². The zero-order valence-electron chi connectivity index (χ0n) is 8.94. The van der Waals surface area contributed by atoms with E-state index in [1.807, 2.05) is 0 Å². The zero-order valence-corrected chi connectivity index (χ0v) is 9.69. The van der Waals surface area contributed by atoms with Crippen molar-refractivity contribution < 1.29 is 14.3 Å². The van der Waals surface area contributed by atoms with Crippen molar-refractivity contribution in [1.82, 2.24) is 4.90 Å². The van der Waals surface area contributed by atoms with Crippen LogP contribution in [-0.2, 0) is 4.79 Å². The van der Waals surface area contributed by atoms with Gasteiger partial charge in [0, 0.05) is 13.1 Å². The highest BCUT2D eigenvalue weighted by molar-refractivity contribution is 6.43. The lowest BCUT2D eigenvalue weighted by atomic mass is 10.0. The molecule has 1 spiro atoms. The first-order chi connectivity index (χ1) is 8.06. The lowest BCUT2D eigenvalue weighted by molar-refractivity contribution is -0.131. The highest BCUT2D eigenvalue weighted by Gasteiger charge is 2.55. The van der Waals surface area contributed by atoms with Crippen molar-refractivity contribution in [2.24, 2.45) is 0 Å². The van der Waals surface area contributed by atoms with E-state index in [2.05, 4.69) is 0 Å². The number of benzene rings is 1. The molecule has 0 radical (unpaired) electrons. The second kappa shape index (κ2) is 3.11. The van der Waals surface area contributed by atoms with E-state index in [-0.39, 0.29) is 10.8 Å². The summed E-state index contributed by atoms with van der Waals surface area (Å²) in [5, 5.41) is 0.00801. The van der Waals surface area contributed by atoms with E-state index >= 15 is 0 Å². The highest BCUT2D eigenvalue weighted by Crippen LogP contribution is 2.41. The van der Waals surface area contributed by atoms with Crippen molar-refractivity contribution in [3.8, 4) is 5.75 Å². The number of hydrogen-bond acceptors (Lipinski definition) is 3. The highest BCUT2D eigenvalue weighted by atomic mass is 35.5. The molecule has 0 aliphatic carbocycles. The summed E-state index contributed by atoms with van der Waals surface area (Å²) in [6, 6.07) is 6.89. The van der Waals surface area contributed by atoms with Gasteiger partial charge in [0.1, 0.15) is 10.8 Å². The predicted molar refractivity (Wildman–Crippen MR) is 60.8 cm³/mol. The maximum atomic E-state index is 12.3. The van der Waals surface area contributed by atoms with Crippen molar-refractivity contribution in [1.29, 1.82) is 0 Å². The Bertz CT molecular complexity index is 581. The standard InChI is InChI=1S/C12H8ClNO3/c1-14-11(16)8(13)6-12(14)10(15)7-4-2-3-5-9(7)17-12/h2-6H,1H3. The Kier molecular flexibility index (Phi) is 1.89. The molecular formula is C12H8ClNO3. The maximum absolute atomic E-state index is 12.3. The fraction of sp³-hybridized carbons (Fsp3) is 0.167. The second-order valence-corrected chi connectivity index (χ2v) is 4.39. The van der Waals surface area contributed by atoms with Crippen LogP contribution >= 0.6 is 11.6 Å². The Morgan fingerprint density at radius 3 is 2.59 bits per heavy atom. The van der Waals surface area contributed by atoms with Gasteiger partial charge in [0.25, 0.3) is 11.6 Å². The fourth-order valence-corrected chi connectivity index (χ4v) is 2.38. The number of ketones is 1. The minimum atomic E-state index is -1.39. The molecule has 0 aromatic heterocycles. The number of fused-ring (bicyclic) bond motifs is 1. The number of Topliss-reactive ketones (excluding diaryl/α,β-unsaturated/α-hetero) is 1. The third-order valence-corrected chi connectivity index (χ3v) is 3.32. The number of halogens is 1. The lowest BCUT2D eigenvalue weighted by Crippen LogP contribution is -2.51. The van der Waals surface area contributed by atoms with Gasteiger partial charge >= 0.3 is 0 Å². The summed E-state index contributed by atoms with van der Waals surface area (Å²) in [7, 11) is 1.50. The molecule has 0 fully saturated rings. The average Bonchev–Trinajstić information content (AvgIpc) is 2.72. The number of carbonyl (C=O) groups is 2. The molecule has 1 unspecified atom stereocenters. The number of carbonyl (C=O) groups excluding carboxylic acids is 2. The zero-order chi connectivity index (χ0) is 12.2. The number of hydrogen-bond donors (Lipinski definition) is 0. The topological polar surface area (TPSA) is 46.6 Å². The van der Waals surface area contributed by atoms with Gasteiger partial charge in [-0.1, -0.05) is 23.7 Å². The molecule has 3 rings (SSSR count). The van der Waals surface area contributed by atoms with Gasteiger partial charge in [-0.3, -0.25) is 14.5 Å². The third-order valence-electron chi connectivity index (χ3n) is 3.05. The summed E-state index contributed by atoms with van der Waals surface area (Å²) >= 11 is 5.77. The van der Waals surface area contributed by atoms with Crippen LogP contribution in [0.15, 0.2) is 35.4 Å². The van der Waals surface area contributed by atoms with E-state index in [9.17, 15) is 9.59 Å². The number of nitrogens with zero attached hydrogens (tertiary/aromatic N) is 1. The first kappa shape index (κ1) is 10.4. The van der Waals surface area contributed by atoms with E-state index in [4.69, 9.17) is 16.3 Å². The SMILES string of the molecule is CN1C(=O)C(Cl)=CC12Oc1ccccc1C2=O. The molecule has 2 aliphatic heterocycles. The first-order valence-corrected chi connectivity index (χ1v) is 5.43. The fourth-order valence-electron chi connectivity index (χ4n) is 2.11.